The summed E-state index contributed by atoms with van der Waals surface area (Å²) in [4.78, 5) is 0. The minimum Gasteiger partial charge on any atom is -0.393 e. The number of rotatable bonds is 4. The normalized spacial score (nSPS) is 28.3. The van der Waals surface area contributed by atoms with Gasteiger partial charge in [-0.3, -0.25) is 0 Å². The van der Waals surface area contributed by atoms with Gasteiger partial charge in [-0.2, -0.15) is 0 Å². The molecule has 2 rings (SSSR count). The Kier molecular flexibility index (Phi) is 4.82. The van der Waals surface area contributed by atoms with Gasteiger partial charge >= 0.3 is 0 Å². The van der Waals surface area contributed by atoms with Gasteiger partial charge in [0.05, 0.1) is 6.10 Å². The number of aliphatic hydroxyl groups is 1. The van der Waals surface area contributed by atoms with Gasteiger partial charge in [0.2, 0.25) is 0 Å². The van der Waals surface area contributed by atoms with E-state index in [4.69, 9.17) is 0 Å². The Balaban J connectivity index is 1.95. The Bertz CT molecular complexity index is 354. The lowest BCUT2D eigenvalue weighted by Gasteiger charge is -2.33. The quantitative estimate of drug-likeness (QED) is 0.847. The average molecular weight is 246 g/mol. The van der Waals surface area contributed by atoms with Crippen molar-refractivity contribution in [3.8, 4) is 0 Å². The lowest BCUT2D eigenvalue weighted by atomic mass is 9.75. The van der Waals surface area contributed by atoms with E-state index in [1.54, 1.807) is 0 Å². The average Bonchev–Trinajstić information content (AvgIpc) is 2.36. The minimum absolute atomic E-state index is 0.0839. The van der Waals surface area contributed by atoms with Crippen LogP contribution < -0.4 is 0 Å². The highest BCUT2D eigenvalue weighted by atomic mass is 16.3. The molecule has 1 aliphatic carbocycles. The SMILES string of the molecule is CCCC1CCC(O)C(Cc2ccc(C)cc2)C1. The molecular weight excluding hydrogens is 220 g/mol. The summed E-state index contributed by atoms with van der Waals surface area (Å²) in [5.41, 5.74) is 2.69. The number of aryl methyl sites for hydroxylation is 1. The molecule has 0 amide bonds. The minimum atomic E-state index is -0.0839. The summed E-state index contributed by atoms with van der Waals surface area (Å²) < 4.78 is 0. The zero-order chi connectivity index (χ0) is 13.0. The first-order valence-corrected chi connectivity index (χ1v) is 7.42. The molecule has 1 heteroatoms. The highest BCUT2D eigenvalue weighted by molar-refractivity contribution is 5.21. The van der Waals surface area contributed by atoms with Crippen LogP contribution in [0.4, 0.5) is 0 Å². The van der Waals surface area contributed by atoms with E-state index in [1.165, 1.54) is 36.8 Å². The van der Waals surface area contributed by atoms with Crippen molar-refractivity contribution in [2.24, 2.45) is 11.8 Å². The Morgan fingerprint density at radius 1 is 1.17 bits per heavy atom. The van der Waals surface area contributed by atoms with Crippen LogP contribution in [0.5, 0.6) is 0 Å². The third-order valence-electron chi connectivity index (χ3n) is 4.37. The summed E-state index contributed by atoms with van der Waals surface area (Å²) in [5.74, 6) is 1.31. The van der Waals surface area contributed by atoms with Crippen LogP contribution >= 0.6 is 0 Å². The van der Waals surface area contributed by atoms with E-state index in [2.05, 4.69) is 38.1 Å². The summed E-state index contributed by atoms with van der Waals surface area (Å²) in [5, 5.41) is 10.2. The van der Waals surface area contributed by atoms with Crippen LogP contribution in [0.25, 0.3) is 0 Å². The van der Waals surface area contributed by atoms with Gasteiger partial charge in [-0.25, -0.2) is 0 Å². The molecule has 0 aromatic heterocycles. The molecule has 1 N–H and O–H groups in total. The van der Waals surface area contributed by atoms with Crippen molar-refractivity contribution in [3.63, 3.8) is 0 Å². The van der Waals surface area contributed by atoms with Crippen LogP contribution in [0.2, 0.25) is 0 Å². The first-order chi connectivity index (χ1) is 8.69. The lowest BCUT2D eigenvalue weighted by Crippen LogP contribution is -2.30. The van der Waals surface area contributed by atoms with Gasteiger partial charge in [-0.1, -0.05) is 49.6 Å². The fourth-order valence-electron chi connectivity index (χ4n) is 3.26. The Labute approximate surface area is 111 Å². The smallest absolute Gasteiger partial charge is 0.0571 e. The van der Waals surface area contributed by atoms with Crippen LogP contribution in [-0.4, -0.2) is 11.2 Å². The van der Waals surface area contributed by atoms with Crippen molar-refractivity contribution >= 4 is 0 Å². The third-order valence-corrected chi connectivity index (χ3v) is 4.37. The molecule has 100 valence electrons. The second-order valence-corrected chi connectivity index (χ2v) is 5.98. The van der Waals surface area contributed by atoms with Crippen LogP contribution in [0, 0.1) is 18.8 Å². The van der Waals surface area contributed by atoms with E-state index in [0.29, 0.717) is 5.92 Å². The number of aliphatic hydroxyl groups excluding tert-OH is 1. The molecule has 0 bridgehead atoms. The van der Waals surface area contributed by atoms with Crippen LogP contribution in [-0.2, 0) is 6.42 Å². The summed E-state index contributed by atoms with van der Waals surface area (Å²) in [6, 6.07) is 8.78. The molecule has 0 radical (unpaired) electrons. The molecule has 1 nitrogen and oxygen atoms in total. The first-order valence-electron chi connectivity index (χ1n) is 7.42. The van der Waals surface area contributed by atoms with Crippen molar-refractivity contribution in [3.05, 3.63) is 35.4 Å². The van der Waals surface area contributed by atoms with Crippen molar-refractivity contribution in [1.82, 2.24) is 0 Å². The maximum absolute atomic E-state index is 10.2. The van der Waals surface area contributed by atoms with E-state index in [9.17, 15) is 5.11 Å². The van der Waals surface area contributed by atoms with Gasteiger partial charge in [0.1, 0.15) is 0 Å². The zero-order valence-electron chi connectivity index (χ0n) is 11.7. The Morgan fingerprint density at radius 2 is 1.89 bits per heavy atom. The molecule has 0 aliphatic heterocycles. The molecule has 0 spiro atoms. The molecule has 1 saturated carbocycles. The Morgan fingerprint density at radius 3 is 2.56 bits per heavy atom. The standard InChI is InChI=1S/C17H26O/c1-3-4-14-9-10-17(18)16(11-14)12-15-7-5-13(2)6-8-15/h5-8,14,16-18H,3-4,9-12H2,1-2H3. The highest BCUT2D eigenvalue weighted by Crippen LogP contribution is 2.34. The van der Waals surface area contributed by atoms with Gasteiger partial charge < -0.3 is 5.11 Å². The first kappa shape index (κ1) is 13.6. The van der Waals surface area contributed by atoms with Crippen molar-refractivity contribution in [2.45, 2.75) is 58.5 Å². The van der Waals surface area contributed by atoms with E-state index in [-0.39, 0.29) is 6.10 Å². The largest absolute Gasteiger partial charge is 0.393 e. The Hall–Kier alpha value is -0.820. The van der Waals surface area contributed by atoms with E-state index >= 15 is 0 Å². The van der Waals surface area contributed by atoms with Gasteiger partial charge in [0, 0.05) is 0 Å². The molecule has 1 aromatic rings. The molecular formula is C17H26O. The van der Waals surface area contributed by atoms with Crippen LogP contribution in [0.15, 0.2) is 24.3 Å². The molecule has 1 aliphatic rings. The van der Waals surface area contributed by atoms with Gasteiger partial charge in [-0.05, 0) is 50.0 Å². The molecule has 0 heterocycles. The number of hydrogen-bond donors (Lipinski definition) is 1. The summed E-state index contributed by atoms with van der Waals surface area (Å²) in [7, 11) is 0. The summed E-state index contributed by atoms with van der Waals surface area (Å²) in [6.07, 6.45) is 7.00. The maximum atomic E-state index is 10.2. The molecule has 0 saturated heterocycles. The molecule has 1 aromatic carbocycles. The zero-order valence-corrected chi connectivity index (χ0v) is 11.7. The monoisotopic (exact) mass is 246 g/mol. The molecule has 1 fully saturated rings. The topological polar surface area (TPSA) is 20.2 Å². The van der Waals surface area contributed by atoms with Crippen molar-refractivity contribution in [1.29, 1.82) is 0 Å². The molecule has 18 heavy (non-hydrogen) atoms. The highest BCUT2D eigenvalue weighted by Gasteiger charge is 2.28. The van der Waals surface area contributed by atoms with Crippen molar-refractivity contribution in [2.75, 3.05) is 0 Å². The predicted molar refractivity (Wildman–Crippen MR) is 76.6 cm³/mol. The molecule has 3 atom stereocenters. The van der Waals surface area contributed by atoms with Crippen molar-refractivity contribution < 1.29 is 5.11 Å². The van der Waals surface area contributed by atoms with Gasteiger partial charge in [0.15, 0.2) is 0 Å². The second kappa shape index (κ2) is 6.38. The van der Waals surface area contributed by atoms with E-state index < -0.39 is 0 Å². The predicted octanol–water partition coefficient (Wildman–Crippen LogP) is 4.11. The molecule has 3 unspecified atom stereocenters. The fraction of sp³-hybridized carbons (Fsp3) is 0.647. The maximum Gasteiger partial charge on any atom is 0.0571 e. The van der Waals surface area contributed by atoms with Gasteiger partial charge in [0.25, 0.3) is 0 Å². The third kappa shape index (κ3) is 3.58. The van der Waals surface area contributed by atoms with Crippen LogP contribution in [0.3, 0.4) is 0 Å². The van der Waals surface area contributed by atoms with Crippen LogP contribution in [0.1, 0.15) is 50.2 Å². The number of hydrogen-bond acceptors (Lipinski definition) is 1. The summed E-state index contributed by atoms with van der Waals surface area (Å²) >= 11 is 0. The fourth-order valence-corrected chi connectivity index (χ4v) is 3.26. The number of benzene rings is 1. The van der Waals surface area contributed by atoms with E-state index in [1.807, 2.05) is 0 Å². The lowest BCUT2D eigenvalue weighted by molar-refractivity contribution is 0.0463. The van der Waals surface area contributed by atoms with E-state index in [0.717, 1.165) is 18.8 Å². The second-order valence-electron chi connectivity index (χ2n) is 5.98. The van der Waals surface area contributed by atoms with Gasteiger partial charge in [-0.15, -0.1) is 0 Å². The summed E-state index contributed by atoms with van der Waals surface area (Å²) in [6.45, 7) is 4.39.